The van der Waals surface area contributed by atoms with Crippen LogP contribution in [0.2, 0.25) is 0 Å². The van der Waals surface area contributed by atoms with E-state index < -0.39 is 0 Å². The van der Waals surface area contributed by atoms with Crippen LogP contribution in [0.3, 0.4) is 0 Å². The highest BCUT2D eigenvalue weighted by Gasteiger charge is 2.20. The van der Waals surface area contributed by atoms with Crippen LogP contribution in [0, 0.1) is 0 Å². The van der Waals surface area contributed by atoms with Gasteiger partial charge in [-0.25, -0.2) is 15.0 Å². The maximum atomic E-state index is 5.46. The Morgan fingerprint density at radius 1 is 0.227 bits per heavy atom. The van der Waals surface area contributed by atoms with E-state index in [9.17, 15) is 0 Å². The molecule has 0 atom stereocenters. The number of hydrogen-bond acceptors (Lipinski definition) is 3. The molecular weight excluding hydrogens is 803 g/mol. The monoisotopic (exact) mass is 843 g/mol. The zero-order chi connectivity index (χ0) is 43.8. The highest BCUT2D eigenvalue weighted by molar-refractivity contribution is 5.88. The van der Waals surface area contributed by atoms with Crippen LogP contribution in [0.15, 0.2) is 249 Å². The molecule has 5 heterocycles. The van der Waals surface area contributed by atoms with E-state index in [-0.39, 0.29) is 0 Å². The Labute approximate surface area is 383 Å². The molecule has 66 heavy (non-hydrogen) atoms. The minimum Gasteiger partial charge on any atom is -0.299 e. The third-order valence-corrected chi connectivity index (χ3v) is 12.4. The second-order valence-electron chi connectivity index (χ2n) is 16.5. The van der Waals surface area contributed by atoms with Crippen LogP contribution in [0.4, 0.5) is 0 Å². The zero-order valence-corrected chi connectivity index (χ0v) is 35.9. The molecule has 0 fully saturated rings. The van der Waals surface area contributed by atoms with Crippen molar-refractivity contribution in [3.05, 3.63) is 249 Å². The Hall–Kier alpha value is -8.93. The number of benzene rings is 7. The number of fused-ring (bicyclic) bond motifs is 2. The van der Waals surface area contributed by atoms with Crippen molar-refractivity contribution >= 4 is 11.3 Å². The maximum Gasteiger partial charge on any atom is 0.137 e. The first-order chi connectivity index (χ1) is 32.7. The Morgan fingerprint density at radius 3 is 0.985 bits per heavy atom. The maximum absolute atomic E-state index is 5.46. The highest BCUT2D eigenvalue weighted by Crippen LogP contribution is 2.39. The average Bonchev–Trinajstić information content (AvgIpc) is 3.99. The summed E-state index contributed by atoms with van der Waals surface area (Å²) in [4.78, 5) is 15.9. The second-order valence-corrected chi connectivity index (χ2v) is 16.5. The lowest BCUT2D eigenvalue weighted by Gasteiger charge is -2.13. The van der Waals surface area contributed by atoms with Gasteiger partial charge in [-0.2, -0.15) is 0 Å². The van der Waals surface area contributed by atoms with Gasteiger partial charge < -0.3 is 0 Å². The molecule has 0 amide bonds. The second kappa shape index (κ2) is 16.6. The predicted octanol–water partition coefficient (Wildman–Crippen LogP) is 15.4. The Kier molecular flexibility index (Phi) is 9.77. The number of pyridine rings is 3. The van der Waals surface area contributed by atoms with E-state index in [0.29, 0.717) is 0 Å². The first kappa shape index (κ1) is 38.7. The van der Waals surface area contributed by atoms with Gasteiger partial charge in [0.1, 0.15) is 11.3 Å². The van der Waals surface area contributed by atoms with E-state index >= 15 is 0 Å². The molecule has 5 aromatic heterocycles. The molecule has 0 saturated carbocycles. The molecule has 0 bridgehead atoms. The van der Waals surface area contributed by atoms with Crippen molar-refractivity contribution < 1.29 is 0 Å². The minimum absolute atomic E-state index is 0.884. The quantitative estimate of drug-likeness (QED) is 0.145. The molecule has 5 heteroatoms. The lowest BCUT2D eigenvalue weighted by molar-refractivity contribution is 1.19. The molecule has 5 nitrogen and oxygen atoms in total. The number of imidazole rings is 2. The highest BCUT2D eigenvalue weighted by atomic mass is 15.0. The summed E-state index contributed by atoms with van der Waals surface area (Å²) in [6, 6.07) is 83.2. The smallest absolute Gasteiger partial charge is 0.137 e. The summed E-state index contributed by atoms with van der Waals surface area (Å²) in [5.41, 5.74) is 20.7. The normalized spacial score (nSPS) is 11.3. The summed E-state index contributed by atoms with van der Waals surface area (Å²) in [6.07, 6.45) is 4.20. The molecule has 0 aliphatic heterocycles. The van der Waals surface area contributed by atoms with Gasteiger partial charge in [-0.3, -0.25) is 8.80 Å². The van der Waals surface area contributed by atoms with E-state index in [2.05, 4.69) is 234 Å². The first-order valence-electron chi connectivity index (χ1n) is 22.3. The van der Waals surface area contributed by atoms with Gasteiger partial charge in [-0.15, -0.1) is 0 Å². The van der Waals surface area contributed by atoms with E-state index in [0.717, 1.165) is 90.0 Å². The molecule has 0 spiro atoms. The fourth-order valence-corrected chi connectivity index (χ4v) is 9.12. The Balaban J connectivity index is 0.964. The number of nitrogens with zero attached hydrogens (tertiary/aromatic N) is 5. The van der Waals surface area contributed by atoms with E-state index in [1.165, 1.54) is 22.3 Å². The molecule has 0 N–H and O–H groups in total. The van der Waals surface area contributed by atoms with Crippen LogP contribution >= 0.6 is 0 Å². The molecule has 0 saturated heterocycles. The van der Waals surface area contributed by atoms with Crippen molar-refractivity contribution in [1.82, 2.24) is 23.8 Å². The fourth-order valence-electron chi connectivity index (χ4n) is 9.12. The third kappa shape index (κ3) is 7.25. The standard InChI is InChI=1S/C61H41N5/c1-4-16-42(17-5-1)45-28-32-47(33-29-45)58-60(65-36-12-10-26-56(65)63-58)51-24-14-22-49(38-51)54-40-53(44-20-8-3-9-21-44)41-55(62-54)50-23-15-25-52(39-50)61-59(64-57-27-11-13-37-66(57)61)48-34-30-46(31-35-48)43-18-6-2-7-19-43/h1-41H. The van der Waals surface area contributed by atoms with Gasteiger partial charge in [-0.05, 0) is 81.9 Å². The molecule has 0 radical (unpaired) electrons. The molecule has 0 aliphatic carbocycles. The van der Waals surface area contributed by atoms with Crippen LogP contribution in [0.5, 0.6) is 0 Å². The average molecular weight is 844 g/mol. The molecule has 7 aromatic carbocycles. The predicted molar refractivity (Wildman–Crippen MR) is 271 cm³/mol. The van der Waals surface area contributed by atoms with Crippen molar-refractivity contribution in [3.63, 3.8) is 0 Å². The molecule has 310 valence electrons. The lowest BCUT2D eigenvalue weighted by atomic mass is 9.96. The van der Waals surface area contributed by atoms with Crippen molar-refractivity contribution in [2.24, 2.45) is 0 Å². The molecule has 0 unspecified atom stereocenters. The van der Waals surface area contributed by atoms with Crippen molar-refractivity contribution in [1.29, 1.82) is 0 Å². The summed E-state index contributed by atoms with van der Waals surface area (Å²) in [5.74, 6) is 0. The largest absolute Gasteiger partial charge is 0.299 e. The fraction of sp³-hybridized carbons (Fsp3) is 0. The Bertz CT molecular complexity index is 3440. The molecular formula is C61H41N5. The van der Waals surface area contributed by atoms with Crippen molar-refractivity contribution in [2.45, 2.75) is 0 Å². The number of aromatic nitrogens is 5. The molecule has 12 rings (SSSR count). The zero-order valence-electron chi connectivity index (χ0n) is 35.9. The topological polar surface area (TPSA) is 47.5 Å². The minimum atomic E-state index is 0.884. The molecule has 0 aliphatic rings. The number of rotatable bonds is 9. The van der Waals surface area contributed by atoms with Gasteiger partial charge in [0.15, 0.2) is 0 Å². The first-order valence-corrected chi connectivity index (χ1v) is 22.3. The van der Waals surface area contributed by atoms with E-state index in [4.69, 9.17) is 15.0 Å². The van der Waals surface area contributed by atoms with E-state index in [1.54, 1.807) is 0 Å². The summed E-state index contributed by atoms with van der Waals surface area (Å²) in [7, 11) is 0. The van der Waals surface area contributed by atoms with Gasteiger partial charge in [0.25, 0.3) is 0 Å². The summed E-state index contributed by atoms with van der Waals surface area (Å²) < 4.78 is 4.38. The lowest BCUT2D eigenvalue weighted by Crippen LogP contribution is -1.94. The van der Waals surface area contributed by atoms with Crippen LogP contribution < -0.4 is 0 Å². The summed E-state index contributed by atoms with van der Waals surface area (Å²) >= 11 is 0. The van der Waals surface area contributed by atoms with Crippen molar-refractivity contribution in [2.75, 3.05) is 0 Å². The van der Waals surface area contributed by atoms with Gasteiger partial charge in [-0.1, -0.05) is 188 Å². The van der Waals surface area contributed by atoms with E-state index in [1.807, 2.05) is 24.3 Å². The van der Waals surface area contributed by atoms with Crippen LogP contribution in [0.1, 0.15) is 0 Å². The van der Waals surface area contributed by atoms with Gasteiger partial charge in [0.2, 0.25) is 0 Å². The van der Waals surface area contributed by atoms with Gasteiger partial charge in [0, 0.05) is 45.8 Å². The Morgan fingerprint density at radius 2 is 0.561 bits per heavy atom. The molecule has 12 aromatic rings. The van der Waals surface area contributed by atoms with Crippen LogP contribution in [-0.2, 0) is 0 Å². The summed E-state index contributed by atoms with van der Waals surface area (Å²) in [5, 5.41) is 0. The van der Waals surface area contributed by atoms with Gasteiger partial charge >= 0.3 is 0 Å². The van der Waals surface area contributed by atoms with Crippen molar-refractivity contribution in [3.8, 4) is 101 Å². The third-order valence-electron chi connectivity index (χ3n) is 12.4. The van der Waals surface area contributed by atoms with Crippen LogP contribution in [0.25, 0.3) is 112 Å². The number of hydrogen-bond donors (Lipinski definition) is 0. The SMILES string of the molecule is c1ccc(-c2ccc(-c3nc4ccccn4c3-c3cccc(-c4cc(-c5ccccc5)cc(-c5cccc(-c6c(-c7ccc(-c8ccccc8)cc7)nc7ccccn67)c5)n4)c3)cc2)cc1. The van der Waals surface area contributed by atoms with Gasteiger partial charge in [0.05, 0.1) is 34.2 Å². The van der Waals surface area contributed by atoms with Crippen LogP contribution in [-0.4, -0.2) is 23.8 Å². The summed E-state index contributed by atoms with van der Waals surface area (Å²) in [6.45, 7) is 0.